The zero-order chi connectivity index (χ0) is 20.0. The minimum atomic E-state index is -3.65. The summed E-state index contributed by atoms with van der Waals surface area (Å²) in [7, 11) is -2.07. The van der Waals surface area contributed by atoms with Crippen molar-refractivity contribution in [1.29, 1.82) is 0 Å². The van der Waals surface area contributed by atoms with E-state index < -0.39 is 10.0 Å². The lowest BCUT2D eigenvalue weighted by molar-refractivity contribution is -0.127. The summed E-state index contributed by atoms with van der Waals surface area (Å²) < 4.78 is 38.0. The first-order chi connectivity index (χ1) is 12.8. The van der Waals surface area contributed by atoms with Gasteiger partial charge >= 0.3 is 0 Å². The lowest BCUT2D eigenvalue weighted by atomic mass is 9.98. The van der Waals surface area contributed by atoms with Crippen molar-refractivity contribution in [3.63, 3.8) is 0 Å². The lowest BCUT2D eigenvalue weighted by Gasteiger charge is -2.32. The zero-order valence-corrected chi connectivity index (χ0v) is 17.3. The van der Waals surface area contributed by atoms with E-state index in [-0.39, 0.29) is 29.3 Å². The number of sulfonamides is 1. The third-order valence-corrected chi connectivity index (χ3v) is 6.51. The topological polar surface area (TPSA) is 84.9 Å². The van der Waals surface area contributed by atoms with Gasteiger partial charge in [-0.15, -0.1) is 0 Å². The number of nitrogens with zero attached hydrogens (tertiary/aromatic N) is 1. The first kappa shape index (κ1) is 21.7. The van der Waals surface area contributed by atoms with Crippen LogP contribution in [0.2, 0.25) is 0 Å². The highest BCUT2D eigenvalue weighted by Gasteiger charge is 2.33. The Hall–Kier alpha value is -1.64. The van der Waals surface area contributed by atoms with Gasteiger partial charge in [0.05, 0.1) is 24.0 Å². The van der Waals surface area contributed by atoms with E-state index in [1.54, 1.807) is 25.3 Å². The molecule has 1 amide bonds. The van der Waals surface area contributed by atoms with Gasteiger partial charge in [-0.05, 0) is 57.4 Å². The second-order valence-electron chi connectivity index (χ2n) is 6.93. The van der Waals surface area contributed by atoms with Gasteiger partial charge < -0.3 is 14.8 Å². The summed E-state index contributed by atoms with van der Waals surface area (Å²) in [6, 6.07) is 4.78. The molecule has 0 bridgehead atoms. The summed E-state index contributed by atoms with van der Waals surface area (Å²) in [6.07, 6.45) is 1.34. The average Bonchev–Trinajstić information content (AvgIpc) is 2.63. The first-order valence-electron chi connectivity index (χ1n) is 9.32. The highest BCUT2D eigenvalue weighted by molar-refractivity contribution is 7.89. The molecule has 0 spiro atoms. The van der Waals surface area contributed by atoms with Crippen LogP contribution in [0.1, 0.15) is 32.3 Å². The molecular weight excluding hydrogens is 368 g/mol. The molecule has 152 valence electrons. The van der Waals surface area contributed by atoms with E-state index in [4.69, 9.17) is 9.47 Å². The normalized spacial score (nSPS) is 19.5. The first-order valence-corrected chi connectivity index (χ1v) is 10.8. The number of piperidine rings is 1. The van der Waals surface area contributed by atoms with Gasteiger partial charge in [0.25, 0.3) is 0 Å². The number of ether oxygens (including phenoxy) is 2. The maximum atomic E-state index is 13.0. The third-order valence-electron chi connectivity index (χ3n) is 4.64. The number of hydrogen-bond acceptors (Lipinski definition) is 5. The van der Waals surface area contributed by atoms with E-state index in [9.17, 15) is 13.2 Å². The van der Waals surface area contributed by atoms with Crippen LogP contribution < -0.4 is 10.1 Å². The van der Waals surface area contributed by atoms with E-state index in [0.29, 0.717) is 38.3 Å². The molecule has 1 heterocycles. The molecule has 1 aliphatic heterocycles. The summed E-state index contributed by atoms with van der Waals surface area (Å²) in [6.45, 7) is 7.14. The second-order valence-corrected chi connectivity index (χ2v) is 8.87. The highest BCUT2D eigenvalue weighted by atomic mass is 32.2. The molecule has 0 unspecified atom stereocenters. The molecule has 0 saturated carbocycles. The van der Waals surface area contributed by atoms with Crippen molar-refractivity contribution in [3.05, 3.63) is 23.8 Å². The Morgan fingerprint density at radius 1 is 1.41 bits per heavy atom. The minimum Gasteiger partial charge on any atom is -0.494 e. The molecule has 0 aromatic heterocycles. The van der Waals surface area contributed by atoms with Crippen molar-refractivity contribution in [2.45, 2.75) is 44.6 Å². The van der Waals surface area contributed by atoms with E-state index in [1.165, 1.54) is 4.31 Å². The summed E-state index contributed by atoms with van der Waals surface area (Å²) in [5.41, 5.74) is 0.776. The number of rotatable bonds is 8. The Kier molecular flexibility index (Phi) is 7.64. The van der Waals surface area contributed by atoms with Gasteiger partial charge in [0.1, 0.15) is 5.75 Å². The highest BCUT2D eigenvalue weighted by Crippen LogP contribution is 2.27. The van der Waals surface area contributed by atoms with Gasteiger partial charge in [-0.25, -0.2) is 8.42 Å². The molecule has 1 aromatic carbocycles. The maximum Gasteiger partial charge on any atom is 0.243 e. The second kappa shape index (κ2) is 9.52. The van der Waals surface area contributed by atoms with Gasteiger partial charge in [0.15, 0.2) is 0 Å². The quantitative estimate of drug-likeness (QED) is 0.723. The van der Waals surface area contributed by atoms with Crippen LogP contribution in [0.4, 0.5) is 0 Å². The van der Waals surface area contributed by atoms with Gasteiger partial charge in [-0.1, -0.05) is 0 Å². The van der Waals surface area contributed by atoms with Crippen LogP contribution in [-0.2, 0) is 19.6 Å². The SMILES string of the molecule is CCOc1ccc(S(=O)(=O)N2CCC[C@H](C(=O)N[C@H](C)COC)C2)cc1C. The maximum absolute atomic E-state index is 13.0. The molecule has 1 aliphatic rings. The molecule has 27 heavy (non-hydrogen) atoms. The Morgan fingerprint density at radius 3 is 2.78 bits per heavy atom. The van der Waals surface area contributed by atoms with Crippen molar-refractivity contribution in [2.24, 2.45) is 5.92 Å². The number of carbonyl (C=O) groups excluding carboxylic acids is 1. The molecule has 2 rings (SSSR count). The largest absolute Gasteiger partial charge is 0.494 e. The molecule has 0 aliphatic carbocycles. The van der Waals surface area contributed by atoms with Crippen LogP contribution in [-0.4, -0.2) is 58.1 Å². The minimum absolute atomic E-state index is 0.108. The summed E-state index contributed by atoms with van der Waals surface area (Å²) in [5, 5.41) is 2.89. The van der Waals surface area contributed by atoms with Crippen molar-refractivity contribution in [3.8, 4) is 5.75 Å². The smallest absolute Gasteiger partial charge is 0.243 e. The van der Waals surface area contributed by atoms with Crippen molar-refractivity contribution < 1.29 is 22.7 Å². The molecular formula is C19H30N2O5S. The van der Waals surface area contributed by atoms with Crippen molar-refractivity contribution in [1.82, 2.24) is 9.62 Å². The number of nitrogens with one attached hydrogen (secondary N) is 1. The standard InChI is InChI=1S/C19H30N2O5S/c1-5-26-18-9-8-17(11-14(18)2)27(23,24)21-10-6-7-16(12-21)19(22)20-15(3)13-25-4/h8-9,11,15-16H,5-7,10,12-13H2,1-4H3,(H,20,22)/t15-,16+/m1/s1. The zero-order valence-electron chi connectivity index (χ0n) is 16.5. The predicted octanol–water partition coefficient (Wildman–Crippen LogP) is 1.95. The summed E-state index contributed by atoms with van der Waals surface area (Å²) in [4.78, 5) is 12.7. The average molecular weight is 399 g/mol. The number of carbonyl (C=O) groups is 1. The molecule has 2 atom stereocenters. The van der Waals surface area contributed by atoms with Crippen LogP contribution in [0.25, 0.3) is 0 Å². The van der Waals surface area contributed by atoms with E-state index in [0.717, 1.165) is 5.56 Å². The summed E-state index contributed by atoms with van der Waals surface area (Å²) >= 11 is 0. The number of aryl methyl sites for hydroxylation is 1. The molecule has 0 radical (unpaired) electrons. The molecule has 1 saturated heterocycles. The van der Waals surface area contributed by atoms with E-state index >= 15 is 0 Å². The number of benzene rings is 1. The monoisotopic (exact) mass is 398 g/mol. The van der Waals surface area contributed by atoms with Crippen LogP contribution >= 0.6 is 0 Å². The van der Waals surface area contributed by atoms with Crippen molar-refractivity contribution >= 4 is 15.9 Å². The Labute approximate surface area is 162 Å². The van der Waals surface area contributed by atoms with Crippen molar-refractivity contribution in [2.75, 3.05) is 33.4 Å². The molecule has 1 fully saturated rings. The van der Waals surface area contributed by atoms with Crippen LogP contribution in [0, 0.1) is 12.8 Å². The van der Waals surface area contributed by atoms with Crippen LogP contribution in [0.3, 0.4) is 0 Å². The fraction of sp³-hybridized carbons (Fsp3) is 0.632. The van der Waals surface area contributed by atoms with Crippen LogP contribution in [0.15, 0.2) is 23.1 Å². The summed E-state index contributed by atoms with van der Waals surface area (Å²) in [5.74, 6) is 0.207. The Morgan fingerprint density at radius 2 is 2.15 bits per heavy atom. The van der Waals surface area contributed by atoms with Gasteiger partial charge in [0.2, 0.25) is 15.9 Å². The molecule has 1 aromatic rings. The van der Waals surface area contributed by atoms with E-state index in [2.05, 4.69) is 5.32 Å². The molecule has 1 N–H and O–H groups in total. The number of hydrogen-bond donors (Lipinski definition) is 1. The van der Waals surface area contributed by atoms with Gasteiger partial charge in [0, 0.05) is 26.2 Å². The predicted molar refractivity (Wildman–Crippen MR) is 103 cm³/mol. The fourth-order valence-corrected chi connectivity index (χ4v) is 4.89. The van der Waals surface area contributed by atoms with Crippen LogP contribution in [0.5, 0.6) is 5.75 Å². The molecule has 7 nitrogen and oxygen atoms in total. The third kappa shape index (κ3) is 5.43. The van der Waals surface area contributed by atoms with Gasteiger partial charge in [-0.2, -0.15) is 4.31 Å². The lowest BCUT2D eigenvalue weighted by Crippen LogP contribution is -2.47. The number of methoxy groups -OCH3 is 1. The molecule has 8 heteroatoms. The number of amides is 1. The van der Waals surface area contributed by atoms with E-state index in [1.807, 2.05) is 20.8 Å². The Bertz CT molecular complexity index is 750. The Balaban J connectivity index is 2.12. The van der Waals surface area contributed by atoms with Gasteiger partial charge in [-0.3, -0.25) is 4.79 Å². The fourth-order valence-electron chi connectivity index (χ4n) is 3.28.